The predicted octanol–water partition coefficient (Wildman–Crippen LogP) is 1.18. The largest absolute Gasteiger partial charge is 0.314 e. The zero-order chi connectivity index (χ0) is 9.14. The van der Waals surface area contributed by atoms with Gasteiger partial charge in [-0.25, -0.2) is 8.78 Å². The van der Waals surface area contributed by atoms with Gasteiger partial charge in [0.1, 0.15) is 11.8 Å². The van der Waals surface area contributed by atoms with Crippen molar-refractivity contribution < 1.29 is 8.78 Å². The Bertz CT molecular complexity index is 378. The average Bonchev–Trinajstić information content (AvgIpc) is 2.03. The van der Waals surface area contributed by atoms with E-state index in [1.807, 2.05) is 0 Å². The van der Waals surface area contributed by atoms with Crippen LogP contribution in [0.2, 0.25) is 0 Å². The van der Waals surface area contributed by atoms with Gasteiger partial charge in [0.05, 0.1) is 0 Å². The van der Waals surface area contributed by atoms with Crippen LogP contribution in [0.1, 0.15) is 17.7 Å². The Labute approximate surface area is 66.3 Å². The molecule has 62 valence electrons. The molecule has 1 heterocycles. The lowest BCUT2D eigenvalue weighted by atomic mass is 10.2. The molecule has 0 fully saturated rings. The van der Waals surface area contributed by atoms with Gasteiger partial charge in [-0.15, -0.1) is 0 Å². The topological polar surface area (TPSA) is 56.6 Å². The average molecular weight is 170 g/mol. The first-order valence-corrected chi connectivity index (χ1v) is 3.06. The highest BCUT2D eigenvalue weighted by Crippen LogP contribution is 2.16. The summed E-state index contributed by atoms with van der Waals surface area (Å²) in [5.74, 6) is 0. The van der Waals surface area contributed by atoms with Gasteiger partial charge in [0.15, 0.2) is 0 Å². The minimum atomic E-state index is -2.72. The summed E-state index contributed by atoms with van der Waals surface area (Å²) in [6.07, 6.45) is -2.72. The molecule has 0 radical (unpaired) electrons. The van der Waals surface area contributed by atoms with Gasteiger partial charge in [0.25, 0.3) is 6.43 Å². The van der Waals surface area contributed by atoms with Gasteiger partial charge in [0, 0.05) is 11.6 Å². The fraction of sp³-hybridized carbons (Fsp3) is 0.143. The minimum Gasteiger partial charge on any atom is -0.314 e. The highest BCUT2D eigenvalue weighted by Gasteiger charge is 2.08. The second kappa shape index (κ2) is 3.13. The third-order valence-electron chi connectivity index (χ3n) is 1.24. The van der Waals surface area contributed by atoms with Gasteiger partial charge in [-0.1, -0.05) is 0 Å². The molecule has 5 heteroatoms. The fourth-order valence-electron chi connectivity index (χ4n) is 0.751. The van der Waals surface area contributed by atoms with Crippen molar-refractivity contribution >= 4 is 0 Å². The predicted molar refractivity (Wildman–Crippen MR) is 36.7 cm³/mol. The maximum Gasteiger partial charge on any atom is 0.264 e. The maximum atomic E-state index is 12.0. The summed E-state index contributed by atoms with van der Waals surface area (Å²) in [5, 5.41) is 8.30. The van der Waals surface area contributed by atoms with Crippen LogP contribution in [0, 0.1) is 11.3 Å². The van der Waals surface area contributed by atoms with E-state index >= 15 is 0 Å². The molecule has 0 spiro atoms. The fourth-order valence-corrected chi connectivity index (χ4v) is 0.751. The van der Waals surface area contributed by atoms with Gasteiger partial charge in [-0.05, 0) is 6.07 Å². The van der Waals surface area contributed by atoms with E-state index in [0.717, 1.165) is 12.1 Å². The lowest BCUT2D eigenvalue weighted by Crippen LogP contribution is -2.07. The molecule has 1 rings (SSSR count). The number of aromatic nitrogens is 1. The summed E-state index contributed by atoms with van der Waals surface area (Å²) in [6.45, 7) is 0. The molecule has 0 atom stereocenters. The molecule has 1 aromatic heterocycles. The SMILES string of the molecule is N#Cc1cc(C(F)F)cc(=O)[nH]1. The summed E-state index contributed by atoms with van der Waals surface area (Å²) >= 11 is 0. The number of nitrogens with zero attached hydrogens (tertiary/aromatic N) is 1. The van der Waals surface area contributed by atoms with E-state index in [2.05, 4.69) is 4.98 Å². The maximum absolute atomic E-state index is 12.0. The van der Waals surface area contributed by atoms with Crippen LogP contribution < -0.4 is 5.56 Å². The van der Waals surface area contributed by atoms with Crippen LogP contribution in [0.25, 0.3) is 0 Å². The van der Waals surface area contributed by atoms with E-state index in [1.54, 1.807) is 6.07 Å². The zero-order valence-electron chi connectivity index (χ0n) is 5.84. The Morgan fingerprint density at radius 3 is 2.67 bits per heavy atom. The third-order valence-corrected chi connectivity index (χ3v) is 1.24. The van der Waals surface area contributed by atoms with Gasteiger partial charge in [0.2, 0.25) is 5.56 Å². The second-order valence-electron chi connectivity index (χ2n) is 2.10. The number of hydrogen-bond donors (Lipinski definition) is 1. The van der Waals surface area contributed by atoms with E-state index in [4.69, 9.17) is 5.26 Å². The Kier molecular flexibility index (Phi) is 2.19. The number of pyridine rings is 1. The quantitative estimate of drug-likeness (QED) is 0.688. The van der Waals surface area contributed by atoms with Crippen molar-refractivity contribution in [3.63, 3.8) is 0 Å². The number of nitriles is 1. The molecule has 0 amide bonds. The van der Waals surface area contributed by atoms with E-state index in [-0.39, 0.29) is 5.69 Å². The molecule has 0 saturated heterocycles. The number of alkyl halides is 2. The highest BCUT2D eigenvalue weighted by atomic mass is 19.3. The first kappa shape index (κ1) is 8.40. The van der Waals surface area contributed by atoms with E-state index in [9.17, 15) is 13.6 Å². The smallest absolute Gasteiger partial charge is 0.264 e. The van der Waals surface area contributed by atoms with Crippen LogP contribution >= 0.6 is 0 Å². The van der Waals surface area contributed by atoms with Gasteiger partial charge in [-0.2, -0.15) is 5.26 Å². The molecule has 0 saturated carbocycles. The van der Waals surface area contributed by atoms with Crippen LogP contribution in [0.5, 0.6) is 0 Å². The van der Waals surface area contributed by atoms with E-state index in [1.165, 1.54) is 0 Å². The molecule has 1 N–H and O–H groups in total. The van der Waals surface area contributed by atoms with Crippen molar-refractivity contribution in [1.82, 2.24) is 4.98 Å². The summed E-state index contributed by atoms with van der Waals surface area (Å²) in [7, 11) is 0. The van der Waals surface area contributed by atoms with Crippen LogP contribution in [0.3, 0.4) is 0 Å². The molecular weight excluding hydrogens is 166 g/mol. The van der Waals surface area contributed by atoms with Crippen molar-refractivity contribution in [2.75, 3.05) is 0 Å². The lowest BCUT2D eigenvalue weighted by molar-refractivity contribution is 0.151. The molecule has 0 bridgehead atoms. The Balaban J connectivity index is 3.27. The molecule has 0 aliphatic heterocycles. The molecule has 0 aromatic carbocycles. The third kappa shape index (κ3) is 1.66. The molecule has 3 nitrogen and oxygen atoms in total. The first-order valence-electron chi connectivity index (χ1n) is 3.06. The molecule has 12 heavy (non-hydrogen) atoms. The lowest BCUT2D eigenvalue weighted by Gasteiger charge is -1.97. The number of rotatable bonds is 1. The van der Waals surface area contributed by atoms with Crippen molar-refractivity contribution in [3.05, 3.63) is 33.7 Å². The van der Waals surface area contributed by atoms with Crippen LogP contribution in [-0.2, 0) is 0 Å². The van der Waals surface area contributed by atoms with Gasteiger partial charge < -0.3 is 4.98 Å². The minimum absolute atomic E-state index is 0.155. The Hall–Kier alpha value is -1.70. The molecular formula is C7H4F2N2O. The standard InChI is InChI=1S/C7H4F2N2O/c8-7(9)4-1-5(3-10)11-6(12)2-4/h1-2,7H,(H,11,12). The first-order chi connectivity index (χ1) is 5.63. The Morgan fingerprint density at radius 2 is 2.17 bits per heavy atom. The summed E-state index contributed by atoms with van der Waals surface area (Å²) < 4.78 is 24.0. The van der Waals surface area contributed by atoms with E-state index in [0.29, 0.717) is 0 Å². The number of aromatic amines is 1. The highest BCUT2D eigenvalue weighted by molar-refractivity contribution is 5.25. The van der Waals surface area contributed by atoms with Crippen molar-refractivity contribution in [1.29, 1.82) is 5.26 Å². The summed E-state index contributed by atoms with van der Waals surface area (Å²) in [4.78, 5) is 12.7. The number of nitrogens with one attached hydrogen (secondary N) is 1. The summed E-state index contributed by atoms with van der Waals surface area (Å²) in [6, 6.07) is 3.29. The number of halogens is 2. The van der Waals surface area contributed by atoms with Gasteiger partial charge >= 0.3 is 0 Å². The van der Waals surface area contributed by atoms with Crippen molar-refractivity contribution in [3.8, 4) is 6.07 Å². The number of hydrogen-bond acceptors (Lipinski definition) is 2. The second-order valence-corrected chi connectivity index (χ2v) is 2.10. The van der Waals surface area contributed by atoms with Crippen molar-refractivity contribution in [2.45, 2.75) is 6.43 Å². The summed E-state index contributed by atoms with van der Waals surface area (Å²) in [5.41, 5.74) is -1.28. The van der Waals surface area contributed by atoms with E-state index < -0.39 is 17.5 Å². The van der Waals surface area contributed by atoms with Crippen LogP contribution in [0.4, 0.5) is 8.78 Å². The molecule has 0 aliphatic carbocycles. The van der Waals surface area contributed by atoms with Crippen LogP contribution in [0.15, 0.2) is 16.9 Å². The van der Waals surface area contributed by atoms with Crippen molar-refractivity contribution in [2.24, 2.45) is 0 Å². The number of H-pyrrole nitrogens is 1. The van der Waals surface area contributed by atoms with Gasteiger partial charge in [-0.3, -0.25) is 4.79 Å². The molecule has 0 unspecified atom stereocenters. The molecule has 0 aliphatic rings. The zero-order valence-corrected chi connectivity index (χ0v) is 5.84. The molecule has 1 aromatic rings. The van der Waals surface area contributed by atoms with Crippen LogP contribution in [-0.4, -0.2) is 4.98 Å². The monoisotopic (exact) mass is 170 g/mol. The normalized spacial score (nSPS) is 9.83. The Morgan fingerprint density at radius 1 is 1.50 bits per heavy atom.